The highest BCUT2D eigenvalue weighted by molar-refractivity contribution is 6.02. The molecule has 3 aromatic heterocycles. The number of hydrogen-bond acceptors (Lipinski definition) is 6. The van der Waals surface area contributed by atoms with Gasteiger partial charge in [-0.1, -0.05) is 43.0 Å². The van der Waals surface area contributed by atoms with Gasteiger partial charge in [0.15, 0.2) is 5.82 Å². The van der Waals surface area contributed by atoms with E-state index in [0.717, 1.165) is 39.9 Å². The number of nitrogens with two attached hydrogens (primary N) is 2. The topological polar surface area (TPSA) is 139 Å². The first-order chi connectivity index (χ1) is 19.8. The van der Waals surface area contributed by atoms with Crippen LogP contribution in [0.25, 0.3) is 22.7 Å². The maximum atomic E-state index is 13.5. The molecule has 41 heavy (non-hydrogen) atoms. The molecular formula is C31H30N8O2. The highest BCUT2D eigenvalue weighted by atomic mass is 16.1. The van der Waals surface area contributed by atoms with E-state index in [4.69, 9.17) is 11.5 Å². The molecule has 6 rings (SSSR count). The van der Waals surface area contributed by atoms with Gasteiger partial charge in [-0.05, 0) is 54.6 Å². The van der Waals surface area contributed by atoms with Crippen molar-refractivity contribution in [3.63, 3.8) is 0 Å². The molecule has 0 atom stereocenters. The van der Waals surface area contributed by atoms with Gasteiger partial charge in [-0.3, -0.25) is 18.8 Å². The zero-order valence-corrected chi connectivity index (χ0v) is 23.0. The molecule has 0 aliphatic carbocycles. The Morgan fingerprint density at radius 1 is 1.15 bits per heavy atom. The van der Waals surface area contributed by atoms with Crippen molar-refractivity contribution in [2.45, 2.75) is 20.3 Å². The summed E-state index contributed by atoms with van der Waals surface area (Å²) in [5.74, 6) is 6.43. The molecule has 10 heteroatoms. The van der Waals surface area contributed by atoms with Gasteiger partial charge in [-0.2, -0.15) is 5.10 Å². The summed E-state index contributed by atoms with van der Waals surface area (Å²) in [6, 6.07) is 15.9. The number of nitrogens with zero attached hydrogens (tertiary/aromatic N) is 5. The summed E-state index contributed by atoms with van der Waals surface area (Å²) < 4.78 is 5.02. The maximum Gasteiger partial charge on any atom is 0.264 e. The van der Waals surface area contributed by atoms with E-state index < -0.39 is 5.91 Å². The minimum absolute atomic E-state index is 0.0314. The number of anilines is 2. The SMILES string of the molecule is CCc1cc2cccc(C#Cc3cnn(C)c3)c2c(=O)n1-c1cccc(C)c1.NC(=O)c1c(N)nn2c1NCC=C2. The Kier molecular flexibility index (Phi) is 7.43. The van der Waals surface area contributed by atoms with Crippen molar-refractivity contribution in [3.05, 3.63) is 105 Å². The number of nitrogens with one attached hydrogen (secondary N) is 1. The number of carbonyl (C=O) groups excluding carboxylic acids is 1. The fourth-order valence-electron chi connectivity index (χ4n) is 4.74. The third-order valence-electron chi connectivity index (χ3n) is 6.61. The zero-order valence-electron chi connectivity index (χ0n) is 23.0. The predicted molar refractivity (Wildman–Crippen MR) is 162 cm³/mol. The van der Waals surface area contributed by atoms with Gasteiger partial charge in [0.25, 0.3) is 11.5 Å². The molecule has 0 unspecified atom stereocenters. The lowest BCUT2D eigenvalue weighted by atomic mass is 10.0. The summed E-state index contributed by atoms with van der Waals surface area (Å²) in [7, 11) is 1.86. The second kappa shape index (κ2) is 11.3. The highest BCUT2D eigenvalue weighted by Crippen LogP contribution is 2.23. The number of aromatic nitrogens is 5. The van der Waals surface area contributed by atoms with Gasteiger partial charge in [-0.15, -0.1) is 5.10 Å². The molecule has 206 valence electrons. The lowest BCUT2D eigenvalue weighted by Crippen LogP contribution is -2.22. The molecule has 0 radical (unpaired) electrons. The van der Waals surface area contributed by atoms with Gasteiger partial charge in [0.05, 0.1) is 17.1 Å². The van der Waals surface area contributed by atoms with Crippen LogP contribution in [0.3, 0.4) is 0 Å². The van der Waals surface area contributed by atoms with Gasteiger partial charge in [0.2, 0.25) is 0 Å². The average molecular weight is 547 g/mol. The molecule has 1 aliphatic heterocycles. The Balaban J connectivity index is 0.000000216. The number of carbonyl (C=O) groups is 1. The van der Waals surface area contributed by atoms with E-state index in [2.05, 4.69) is 40.3 Å². The summed E-state index contributed by atoms with van der Waals surface area (Å²) in [5, 5.41) is 12.6. The number of aryl methyl sites for hydroxylation is 3. The molecule has 4 heterocycles. The third kappa shape index (κ3) is 5.46. The van der Waals surface area contributed by atoms with E-state index in [1.54, 1.807) is 17.1 Å². The Morgan fingerprint density at radius 3 is 2.66 bits per heavy atom. The van der Waals surface area contributed by atoms with Crippen molar-refractivity contribution < 1.29 is 4.79 Å². The quantitative estimate of drug-likeness (QED) is 0.296. The molecule has 0 bridgehead atoms. The van der Waals surface area contributed by atoms with Crippen LogP contribution in [0.4, 0.5) is 11.6 Å². The van der Waals surface area contributed by atoms with Crippen molar-refractivity contribution >= 4 is 34.5 Å². The molecule has 0 saturated carbocycles. The summed E-state index contributed by atoms with van der Waals surface area (Å²) in [6.07, 6.45) is 7.94. The fraction of sp³-hybridized carbons (Fsp3) is 0.161. The summed E-state index contributed by atoms with van der Waals surface area (Å²) in [6.45, 7) is 4.75. The number of pyridine rings is 1. The van der Waals surface area contributed by atoms with E-state index in [-0.39, 0.29) is 16.9 Å². The number of amides is 1. The number of fused-ring (bicyclic) bond motifs is 2. The summed E-state index contributed by atoms with van der Waals surface area (Å²) in [5.41, 5.74) is 15.4. The summed E-state index contributed by atoms with van der Waals surface area (Å²) >= 11 is 0. The first-order valence-electron chi connectivity index (χ1n) is 13.1. The van der Waals surface area contributed by atoms with E-state index in [0.29, 0.717) is 17.7 Å². The molecule has 1 amide bonds. The van der Waals surface area contributed by atoms with Crippen molar-refractivity contribution in [1.82, 2.24) is 24.1 Å². The van der Waals surface area contributed by atoms with Crippen molar-refractivity contribution in [2.24, 2.45) is 12.8 Å². The molecular weight excluding hydrogens is 516 g/mol. The van der Waals surface area contributed by atoms with Crippen LogP contribution in [-0.4, -0.2) is 36.6 Å². The van der Waals surface area contributed by atoms with Gasteiger partial charge >= 0.3 is 0 Å². The average Bonchev–Trinajstić information content (AvgIpc) is 3.53. The largest absolute Gasteiger partial charge is 0.381 e. The number of primary amides is 1. The maximum absolute atomic E-state index is 13.5. The first kappa shape index (κ1) is 27.0. The van der Waals surface area contributed by atoms with Crippen LogP contribution in [0.2, 0.25) is 0 Å². The van der Waals surface area contributed by atoms with Crippen LogP contribution in [0.5, 0.6) is 0 Å². The third-order valence-corrected chi connectivity index (χ3v) is 6.61. The Labute approximate surface area is 236 Å². The zero-order chi connectivity index (χ0) is 29.1. The second-order valence-electron chi connectivity index (χ2n) is 9.57. The van der Waals surface area contributed by atoms with Crippen LogP contribution < -0.4 is 22.3 Å². The van der Waals surface area contributed by atoms with Crippen molar-refractivity contribution in [2.75, 3.05) is 17.6 Å². The normalized spacial score (nSPS) is 11.6. The lowest BCUT2D eigenvalue weighted by molar-refractivity contribution is 0.100. The van der Waals surface area contributed by atoms with E-state index in [1.807, 2.05) is 73.3 Å². The fourth-order valence-corrected chi connectivity index (χ4v) is 4.74. The molecule has 5 aromatic rings. The monoisotopic (exact) mass is 546 g/mol. The molecule has 10 nitrogen and oxygen atoms in total. The summed E-state index contributed by atoms with van der Waals surface area (Å²) in [4.78, 5) is 24.5. The van der Waals surface area contributed by atoms with Crippen LogP contribution in [0.15, 0.2) is 71.8 Å². The molecule has 5 N–H and O–H groups in total. The molecule has 0 fully saturated rings. The minimum Gasteiger partial charge on any atom is -0.381 e. The second-order valence-corrected chi connectivity index (χ2v) is 9.57. The van der Waals surface area contributed by atoms with E-state index >= 15 is 0 Å². The molecule has 0 spiro atoms. The highest BCUT2D eigenvalue weighted by Gasteiger charge is 2.20. The van der Waals surface area contributed by atoms with Crippen LogP contribution >= 0.6 is 0 Å². The standard InChI is InChI=1S/C24H21N3O.C7H9N5O/c1-4-21-14-20-9-6-8-19(12-11-18-15-25-26(3)16-18)23(20)24(28)27(21)22-10-5-7-17(2)13-22;8-5-4(6(9)13)7-10-2-1-3-12(7)11-5/h5-10,13-16H,4H2,1-3H3;1,3,10H,2H2,(H2,8,11)(H2,9,13). The van der Waals surface area contributed by atoms with E-state index in [9.17, 15) is 9.59 Å². The molecule has 1 aliphatic rings. The van der Waals surface area contributed by atoms with Crippen LogP contribution in [0, 0.1) is 18.8 Å². The molecule has 2 aromatic carbocycles. The van der Waals surface area contributed by atoms with Crippen LogP contribution in [-0.2, 0) is 13.5 Å². The number of rotatable bonds is 3. The first-order valence-corrected chi connectivity index (χ1v) is 13.1. The Bertz CT molecular complexity index is 1930. The smallest absolute Gasteiger partial charge is 0.264 e. The van der Waals surface area contributed by atoms with Crippen molar-refractivity contribution in [1.29, 1.82) is 0 Å². The molecule has 0 saturated heterocycles. The lowest BCUT2D eigenvalue weighted by Gasteiger charge is -2.14. The van der Waals surface area contributed by atoms with Gasteiger partial charge in [-0.25, -0.2) is 4.68 Å². The van der Waals surface area contributed by atoms with Gasteiger partial charge < -0.3 is 16.8 Å². The van der Waals surface area contributed by atoms with Crippen LogP contribution in [0.1, 0.15) is 39.7 Å². The van der Waals surface area contributed by atoms with Gasteiger partial charge in [0, 0.05) is 42.9 Å². The minimum atomic E-state index is -0.568. The Morgan fingerprint density at radius 2 is 1.95 bits per heavy atom. The number of hydrogen-bond donors (Lipinski definition) is 3. The van der Waals surface area contributed by atoms with E-state index in [1.165, 1.54) is 4.68 Å². The van der Waals surface area contributed by atoms with Crippen molar-refractivity contribution in [3.8, 4) is 17.5 Å². The predicted octanol–water partition coefficient (Wildman–Crippen LogP) is 3.46. The number of benzene rings is 2. The van der Waals surface area contributed by atoms with Gasteiger partial charge in [0.1, 0.15) is 11.4 Å². The Hall–Kier alpha value is -5.56. The number of nitrogen functional groups attached to an aromatic ring is 1.